The first-order chi connectivity index (χ1) is 8.95. The zero-order valence-corrected chi connectivity index (χ0v) is 12.8. The van der Waals surface area contributed by atoms with Crippen LogP contribution in [0.25, 0.3) is 10.9 Å². The molecule has 1 heterocycles. The molecule has 0 fully saturated rings. The first-order valence-electron chi connectivity index (χ1n) is 6.11. The third kappa shape index (κ3) is 2.64. The van der Waals surface area contributed by atoms with Crippen LogP contribution in [0, 0.1) is 6.92 Å². The van der Waals surface area contributed by atoms with Crippen molar-refractivity contribution in [1.82, 2.24) is 4.98 Å². The molecule has 0 spiro atoms. The summed E-state index contributed by atoms with van der Waals surface area (Å²) in [6, 6.07) is 3.59. The smallest absolute Gasteiger partial charge is 0.0756 e. The Morgan fingerprint density at radius 3 is 2.53 bits per heavy atom. The number of anilines is 1. The second kappa shape index (κ2) is 5.53. The molecule has 0 unspecified atom stereocenters. The normalized spacial score (nSPS) is 11.1. The topological polar surface area (TPSA) is 42.2 Å². The molecular weight excluding hydrogens is 281 g/mol. The van der Waals surface area contributed by atoms with Crippen molar-refractivity contribution in [2.75, 3.05) is 25.5 Å². The Kier molecular flexibility index (Phi) is 4.19. The number of aromatic nitrogens is 1. The number of halogens is 2. The van der Waals surface area contributed by atoms with Gasteiger partial charge in [0.15, 0.2) is 0 Å². The first-order valence-corrected chi connectivity index (χ1v) is 6.87. The highest BCUT2D eigenvalue weighted by molar-refractivity contribution is 6.39. The molecule has 0 atom stereocenters. The lowest BCUT2D eigenvalue weighted by atomic mass is 10.0. The largest absolute Gasteiger partial charge is 0.377 e. The summed E-state index contributed by atoms with van der Waals surface area (Å²) in [5.41, 5.74) is 9.72. The molecule has 3 nitrogen and oxygen atoms in total. The van der Waals surface area contributed by atoms with E-state index in [9.17, 15) is 0 Å². The van der Waals surface area contributed by atoms with Gasteiger partial charge in [0.1, 0.15) is 0 Å². The van der Waals surface area contributed by atoms with E-state index in [2.05, 4.69) is 9.88 Å². The molecule has 0 amide bonds. The van der Waals surface area contributed by atoms with Gasteiger partial charge in [-0.2, -0.15) is 0 Å². The Balaban J connectivity index is 2.90. The summed E-state index contributed by atoms with van der Waals surface area (Å²) in [4.78, 5) is 6.67. The third-order valence-corrected chi connectivity index (χ3v) is 3.64. The molecule has 0 saturated carbocycles. The van der Waals surface area contributed by atoms with E-state index in [0.717, 1.165) is 34.3 Å². The summed E-state index contributed by atoms with van der Waals surface area (Å²) in [7, 11) is 4.00. The van der Waals surface area contributed by atoms with Gasteiger partial charge in [-0.15, -0.1) is 0 Å². The van der Waals surface area contributed by atoms with Crippen LogP contribution in [0.5, 0.6) is 0 Å². The van der Waals surface area contributed by atoms with E-state index >= 15 is 0 Å². The number of benzene rings is 1. The molecule has 1 aromatic heterocycles. The van der Waals surface area contributed by atoms with Crippen LogP contribution < -0.4 is 10.6 Å². The molecule has 0 aliphatic rings. The number of nitrogens with zero attached hydrogens (tertiary/aromatic N) is 2. The van der Waals surface area contributed by atoms with Crippen molar-refractivity contribution in [2.24, 2.45) is 5.73 Å². The standard InChI is InChI=1S/C14H17Cl2N3/c1-8-10(4-5-17)14(19(2)3)13-11(16)6-9(15)7-12(13)18-8/h6-7H,4-5,17H2,1-3H3. The monoisotopic (exact) mass is 297 g/mol. The van der Waals surface area contributed by atoms with E-state index in [0.29, 0.717) is 16.6 Å². The van der Waals surface area contributed by atoms with Gasteiger partial charge in [-0.3, -0.25) is 4.98 Å². The fourth-order valence-corrected chi connectivity index (χ4v) is 2.96. The van der Waals surface area contributed by atoms with E-state index in [-0.39, 0.29) is 0 Å². The molecule has 2 rings (SSSR count). The van der Waals surface area contributed by atoms with E-state index in [1.165, 1.54) is 0 Å². The number of rotatable bonds is 3. The van der Waals surface area contributed by atoms with Crippen molar-refractivity contribution in [3.63, 3.8) is 0 Å². The Morgan fingerprint density at radius 1 is 1.26 bits per heavy atom. The summed E-state index contributed by atoms with van der Waals surface area (Å²) >= 11 is 12.4. The fraction of sp³-hybridized carbons (Fsp3) is 0.357. The third-order valence-electron chi connectivity index (χ3n) is 3.12. The minimum atomic E-state index is 0.583. The fourth-order valence-electron chi connectivity index (χ4n) is 2.39. The number of hydrogen-bond donors (Lipinski definition) is 1. The number of fused-ring (bicyclic) bond motifs is 1. The van der Waals surface area contributed by atoms with Gasteiger partial charge in [-0.05, 0) is 37.6 Å². The number of hydrogen-bond acceptors (Lipinski definition) is 3. The summed E-state index contributed by atoms with van der Waals surface area (Å²) < 4.78 is 0. The van der Waals surface area contributed by atoms with E-state index < -0.39 is 0 Å². The minimum absolute atomic E-state index is 0.583. The highest BCUT2D eigenvalue weighted by Crippen LogP contribution is 2.37. The Hall–Kier alpha value is -1.03. The SMILES string of the molecule is Cc1nc2cc(Cl)cc(Cl)c2c(N(C)C)c1CCN. The molecule has 19 heavy (non-hydrogen) atoms. The molecule has 0 saturated heterocycles. The van der Waals surface area contributed by atoms with Crippen LogP contribution in [0.15, 0.2) is 12.1 Å². The van der Waals surface area contributed by atoms with E-state index in [4.69, 9.17) is 28.9 Å². The second-order valence-corrected chi connectivity index (χ2v) is 5.58. The van der Waals surface area contributed by atoms with Crippen LogP contribution in [0.1, 0.15) is 11.3 Å². The van der Waals surface area contributed by atoms with Crippen molar-refractivity contribution in [3.05, 3.63) is 33.4 Å². The van der Waals surface area contributed by atoms with Gasteiger partial charge in [-0.25, -0.2) is 0 Å². The summed E-state index contributed by atoms with van der Waals surface area (Å²) in [6.45, 7) is 2.58. The second-order valence-electron chi connectivity index (χ2n) is 4.74. The lowest BCUT2D eigenvalue weighted by Crippen LogP contribution is -2.16. The maximum absolute atomic E-state index is 6.35. The van der Waals surface area contributed by atoms with Crippen molar-refractivity contribution < 1.29 is 0 Å². The van der Waals surface area contributed by atoms with Crippen LogP contribution in [0.3, 0.4) is 0 Å². The minimum Gasteiger partial charge on any atom is -0.377 e. The molecule has 0 aliphatic heterocycles. The van der Waals surface area contributed by atoms with Crippen LogP contribution in [0.2, 0.25) is 10.0 Å². The van der Waals surface area contributed by atoms with Gasteiger partial charge in [0.2, 0.25) is 0 Å². The molecular formula is C14H17Cl2N3. The maximum Gasteiger partial charge on any atom is 0.0756 e. The molecule has 2 aromatic rings. The number of pyridine rings is 1. The van der Waals surface area contributed by atoms with Crippen LogP contribution in [0.4, 0.5) is 5.69 Å². The zero-order chi connectivity index (χ0) is 14.2. The van der Waals surface area contributed by atoms with Crippen LogP contribution >= 0.6 is 23.2 Å². The van der Waals surface area contributed by atoms with Crippen molar-refractivity contribution in [3.8, 4) is 0 Å². The van der Waals surface area contributed by atoms with E-state index in [1.54, 1.807) is 6.07 Å². The highest BCUT2D eigenvalue weighted by atomic mass is 35.5. The Labute approximate surface area is 123 Å². The van der Waals surface area contributed by atoms with Crippen LogP contribution in [-0.2, 0) is 6.42 Å². The predicted molar refractivity (Wildman–Crippen MR) is 83.6 cm³/mol. The lowest BCUT2D eigenvalue weighted by molar-refractivity contribution is 0.933. The van der Waals surface area contributed by atoms with Crippen molar-refractivity contribution in [2.45, 2.75) is 13.3 Å². The molecule has 2 N–H and O–H groups in total. The first kappa shape index (κ1) is 14.4. The molecule has 0 bridgehead atoms. The van der Waals surface area contributed by atoms with Crippen LogP contribution in [-0.4, -0.2) is 25.6 Å². The van der Waals surface area contributed by atoms with Gasteiger partial charge >= 0.3 is 0 Å². The van der Waals surface area contributed by atoms with Gasteiger partial charge in [0.25, 0.3) is 0 Å². The highest BCUT2D eigenvalue weighted by Gasteiger charge is 2.16. The molecule has 0 radical (unpaired) electrons. The van der Waals surface area contributed by atoms with Crippen molar-refractivity contribution >= 4 is 39.8 Å². The van der Waals surface area contributed by atoms with Gasteiger partial charge in [-0.1, -0.05) is 23.2 Å². The summed E-state index contributed by atoms with van der Waals surface area (Å²) in [5.74, 6) is 0. The maximum atomic E-state index is 6.35. The van der Waals surface area contributed by atoms with Crippen molar-refractivity contribution in [1.29, 1.82) is 0 Å². The average molecular weight is 298 g/mol. The van der Waals surface area contributed by atoms with Gasteiger partial charge < -0.3 is 10.6 Å². The molecule has 102 valence electrons. The summed E-state index contributed by atoms with van der Waals surface area (Å²) in [6.07, 6.45) is 0.779. The zero-order valence-electron chi connectivity index (χ0n) is 11.3. The molecule has 0 aliphatic carbocycles. The quantitative estimate of drug-likeness (QED) is 0.944. The summed E-state index contributed by atoms with van der Waals surface area (Å²) in [5, 5.41) is 2.16. The molecule has 5 heteroatoms. The lowest BCUT2D eigenvalue weighted by Gasteiger charge is -2.22. The van der Waals surface area contributed by atoms with E-state index in [1.807, 2.05) is 27.1 Å². The van der Waals surface area contributed by atoms with Gasteiger partial charge in [0.05, 0.1) is 16.2 Å². The number of nitrogens with two attached hydrogens (primary N) is 1. The molecule has 1 aromatic carbocycles. The van der Waals surface area contributed by atoms with Gasteiger partial charge in [0, 0.05) is 30.2 Å². The predicted octanol–water partition coefficient (Wildman–Crippen LogP) is 3.42. The number of aryl methyl sites for hydroxylation is 1. The Morgan fingerprint density at radius 2 is 1.95 bits per heavy atom. The average Bonchev–Trinajstić information content (AvgIpc) is 2.30. The Bertz CT molecular complexity index is 624.